The van der Waals surface area contributed by atoms with Crippen LogP contribution in [0.3, 0.4) is 0 Å². The lowest BCUT2D eigenvalue weighted by molar-refractivity contribution is -0.187. The summed E-state index contributed by atoms with van der Waals surface area (Å²) < 4.78 is 38.8. The van der Waals surface area contributed by atoms with Crippen molar-refractivity contribution in [2.45, 2.75) is 71.9 Å². The van der Waals surface area contributed by atoms with E-state index in [1.807, 2.05) is 4.90 Å². The number of nitrogens with zero attached hydrogens (tertiary/aromatic N) is 1. The van der Waals surface area contributed by atoms with Gasteiger partial charge in [0.15, 0.2) is 0 Å². The summed E-state index contributed by atoms with van der Waals surface area (Å²) in [6, 6.07) is 0. The van der Waals surface area contributed by atoms with Crippen LogP contribution in [-0.2, 0) is 4.79 Å². The molecule has 0 aromatic heterocycles. The van der Waals surface area contributed by atoms with Gasteiger partial charge in [-0.25, -0.2) is 0 Å². The van der Waals surface area contributed by atoms with Gasteiger partial charge < -0.3 is 4.90 Å². The maximum absolute atomic E-state index is 12.9. The van der Waals surface area contributed by atoms with Crippen LogP contribution in [0, 0.1) is 23.2 Å². The molecule has 2 aliphatic rings. The molecule has 1 aliphatic carbocycles. The van der Waals surface area contributed by atoms with E-state index in [4.69, 9.17) is 0 Å². The Morgan fingerprint density at radius 1 is 0.913 bits per heavy atom. The molecule has 1 saturated heterocycles. The van der Waals surface area contributed by atoms with Crippen molar-refractivity contribution >= 4 is 5.91 Å². The van der Waals surface area contributed by atoms with E-state index in [-0.39, 0.29) is 24.2 Å². The van der Waals surface area contributed by atoms with Crippen LogP contribution < -0.4 is 0 Å². The second-order valence-electron chi connectivity index (χ2n) is 8.42. The van der Waals surface area contributed by atoms with Gasteiger partial charge in [-0.15, -0.1) is 0 Å². The molecule has 1 aliphatic heterocycles. The molecule has 0 spiro atoms. The molecule has 2 rings (SSSR count). The zero-order chi connectivity index (χ0) is 17.3. The number of alkyl halides is 3. The Balaban J connectivity index is 1.95. The molecule has 0 aromatic carbocycles. The predicted molar refractivity (Wildman–Crippen MR) is 84.9 cm³/mol. The van der Waals surface area contributed by atoms with Gasteiger partial charge in [0.25, 0.3) is 0 Å². The van der Waals surface area contributed by atoms with Crippen LogP contribution in [0.5, 0.6) is 0 Å². The van der Waals surface area contributed by atoms with Gasteiger partial charge in [0.2, 0.25) is 5.91 Å². The number of carbonyl (C=O) groups is 1. The lowest BCUT2D eigenvalue weighted by Gasteiger charge is -2.33. The van der Waals surface area contributed by atoms with Gasteiger partial charge in [0.1, 0.15) is 0 Å². The van der Waals surface area contributed by atoms with E-state index >= 15 is 0 Å². The van der Waals surface area contributed by atoms with Crippen molar-refractivity contribution in [1.29, 1.82) is 0 Å². The van der Waals surface area contributed by atoms with Crippen LogP contribution in [0.4, 0.5) is 13.2 Å². The van der Waals surface area contributed by atoms with Crippen LogP contribution in [0.1, 0.15) is 65.7 Å². The average Bonchev–Trinajstić information content (AvgIpc) is 2.71. The largest absolute Gasteiger partial charge is 0.391 e. The predicted octanol–water partition coefficient (Wildman–Crippen LogP) is 5.03. The summed E-state index contributed by atoms with van der Waals surface area (Å²) in [4.78, 5) is 14.5. The number of hydrogen-bond donors (Lipinski definition) is 0. The maximum Gasteiger partial charge on any atom is 0.391 e. The summed E-state index contributed by atoms with van der Waals surface area (Å²) in [5, 5.41) is 0. The molecule has 1 heterocycles. The van der Waals surface area contributed by atoms with Gasteiger partial charge in [0.05, 0.1) is 5.92 Å². The van der Waals surface area contributed by atoms with Gasteiger partial charge in [-0.3, -0.25) is 4.79 Å². The molecular weight excluding hydrogens is 303 g/mol. The van der Waals surface area contributed by atoms with Gasteiger partial charge in [0, 0.05) is 19.0 Å². The number of amides is 1. The Kier molecular flexibility index (Phi) is 5.68. The molecular formula is C18H30F3NO. The number of hydrogen-bond acceptors (Lipinski definition) is 1. The molecule has 3 atom stereocenters. The van der Waals surface area contributed by atoms with Crippen molar-refractivity contribution in [1.82, 2.24) is 4.90 Å². The number of halogens is 3. The number of rotatable bonds is 1. The first-order valence-electron chi connectivity index (χ1n) is 8.94. The average molecular weight is 333 g/mol. The Morgan fingerprint density at radius 3 is 2.17 bits per heavy atom. The summed E-state index contributed by atoms with van der Waals surface area (Å²) in [6.07, 6.45) is 0.163. The molecule has 1 saturated carbocycles. The highest BCUT2D eigenvalue weighted by atomic mass is 19.4. The topological polar surface area (TPSA) is 20.3 Å². The summed E-state index contributed by atoms with van der Waals surface area (Å²) in [5.74, 6) is -1.18. The molecule has 0 radical (unpaired) electrons. The summed E-state index contributed by atoms with van der Waals surface area (Å²) in [7, 11) is 0. The van der Waals surface area contributed by atoms with Crippen LogP contribution in [-0.4, -0.2) is 30.1 Å². The molecule has 0 N–H and O–H groups in total. The minimum atomic E-state index is -4.16. The Bertz CT molecular complexity index is 413. The lowest BCUT2D eigenvalue weighted by Crippen LogP contribution is -2.41. The maximum atomic E-state index is 12.9. The lowest BCUT2D eigenvalue weighted by atomic mass is 9.77. The minimum Gasteiger partial charge on any atom is -0.342 e. The third kappa shape index (κ3) is 4.87. The third-order valence-corrected chi connectivity index (χ3v) is 5.75. The molecule has 0 bridgehead atoms. The fourth-order valence-corrected chi connectivity index (χ4v) is 4.15. The standard InChI is InChI=1S/C18H30F3NO/c1-17(2,3)14-8-5-10-22(11-9-14)16(23)13-6-4-7-15(12-13)18(19,20)21/h13-15H,4-12H2,1-3H3/t13-,14-,15+/m1/s1. The fraction of sp³-hybridized carbons (Fsp3) is 0.944. The number of carbonyl (C=O) groups excluding carboxylic acids is 1. The van der Waals surface area contributed by atoms with E-state index in [1.165, 1.54) is 0 Å². The molecule has 2 fully saturated rings. The molecule has 5 heteroatoms. The second kappa shape index (κ2) is 7.02. The quantitative estimate of drug-likeness (QED) is 0.659. The highest BCUT2D eigenvalue weighted by Gasteiger charge is 2.44. The summed E-state index contributed by atoms with van der Waals surface area (Å²) in [5.41, 5.74) is 0.227. The SMILES string of the molecule is CC(C)(C)[C@@H]1CCCN(C(=O)[C@@H]2CCC[C@H](C(F)(F)F)C2)CC1. The highest BCUT2D eigenvalue weighted by molar-refractivity contribution is 5.79. The smallest absolute Gasteiger partial charge is 0.342 e. The molecule has 23 heavy (non-hydrogen) atoms. The Hall–Kier alpha value is -0.740. The van der Waals surface area contributed by atoms with Crippen LogP contribution in [0.15, 0.2) is 0 Å². The van der Waals surface area contributed by atoms with Crippen LogP contribution >= 0.6 is 0 Å². The van der Waals surface area contributed by atoms with Crippen molar-refractivity contribution < 1.29 is 18.0 Å². The first-order chi connectivity index (χ1) is 10.6. The van der Waals surface area contributed by atoms with Crippen molar-refractivity contribution in [3.8, 4) is 0 Å². The van der Waals surface area contributed by atoms with E-state index in [0.717, 1.165) is 19.3 Å². The van der Waals surface area contributed by atoms with Gasteiger partial charge in [-0.2, -0.15) is 13.2 Å². The Morgan fingerprint density at radius 2 is 1.57 bits per heavy atom. The van der Waals surface area contributed by atoms with Gasteiger partial charge >= 0.3 is 6.18 Å². The molecule has 0 aromatic rings. The van der Waals surface area contributed by atoms with Gasteiger partial charge in [-0.1, -0.05) is 27.2 Å². The Labute approximate surface area is 137 Å². The van der Waals surface area contributed by atoms with Gasteiger partial charge in [-0.05, 0) is 49.9 Å². The van der Waals surface area contributed by atoms with E-state index in [0.29, 0.717) is 31.8 Å². The minimum absolute atomic E-state index is 0.0124. The summed E-state index contributed by atoms with van der Waals surface area (Å²) in [6.45, 7) is 8.09. The monoisotopic (exact) mass is 333 g/mol. The summed E-state index contributed by atoms with van der Waals surface area (Å²) >= 11 is 0. The first-order valence-corrected chi connectivity index (χ1v) is 8.94. The highest BCUT2D eigenvalue weighted by Crippen LogP contribution is 2.41. The molecule has 134 valence electrons. The zero-order valence-corrected chi connectivity index (χ0v) is 14.6. The second-order valence-corrected chi connectivity index (χ2v) is 8.42. The van der Waals surface area contributed by atoms with Crippen molar-refractivity contribution in [2.75, 3.05) is 13.1 Å². The molecule has 1 amide bonds. The molecule has 2 nitrogen and oxygen atoms in total. The van der Waals surface area contributed by atoms with Crippen molar-refractivity contribution in [3.63, 3.8) is 0 Å². The first kappa shape index (κ1) is 18.6. The normalized spacial score (nSPS) is 30.9. The van der Waals surface area contributed by atoms with Crippen LogP contribution in [0.2, 0.25) is 0 Å². The van der Waals surface area contributed by atoms with E-state index < -0.39 is 18.0 Å². The van der Waals surface area contributed by atoms with E-state index in [9.17, 15) is 18.0 Å². The van der Waals surface area contributed by atoms with E-state index in [2.05, 4.69) is 20.8 Å². The van der Waals surface area contributed by atoms with E-state index in [1.54, 1.807) is 0 Å². The van der Waals surface area contributed by atoms with Crippen molar-refractivity contribution in [3.05, 3.63) is 0 Å². The third-order valence-electron chi connectivity index (χ3n) is 5.75. The fourth-order valence-electron chi connectivity index (χ4n) is 4.15. The number of likely N-dealkylation sites (tertiary alicyclic amines) is 1. The van der Waals surface area contributed by atoms with Crippen molar-refractivity contribution in [2.24, 2.45) is 23.2 Å². The molecule has 0 unspecified atom stereocenters. The zero-order valence-electron chi connectivity index (χ0n) is 14.6. The van der Waals surface area contributed by atoms with Crippen LogP contribution in [0.25, 0.3) is 0 Å².